The first kappa shape index (κ1) is 15.0. The molecule has 0 radical (unpaired) electrons. The molecule has 0 aliphatic carbocycles. The topological polar surface area (TPSA) is 24.5 Å². The monoisotopic (exact) mass is 250 g/mol. The van der Waals surface area contributed by atoms with Crippen LogP contribution in [0.4, 0.5) is 5.69 Å². The van der Waals surface area contributed by atoms with Crippen molar-refractivity contribution in [1.29, 1.82) is 0 Å². The minimum absolute atomic E-state index is 0.693. The lowest BCUT2D eigenvalue weighted by Gasteiger charge is -2.24. The predicted octanol–water partition coefficient (Wildman–Crippen LogP) is 2.70. The molecule has 0 fully saturated rings. The summed E-state index contributed by atoms with van der Waals surface area (Å²) in [5, 5.41) is 3.44. The van der Waals surface area contributed by atoms with E-state index in [0.29, 0.717) is 5.92 Å². The Morgan fingerprint density at radius 3 is 2.50 bits per heavy atom. The normalized spacial score (nSPS) is 11.2. The fraction of sp³-hybridized carbons (Fsp3) is 0.600. The zero-order valence-electron chi connectivity index (χ0n) is 11.9. The summed E-state index contributed by atoms with van der Waals surface area (Å²) in [6.07, 6.45) is 0. The number of nitrogens with one attached hydrogen (secondary N) is 1. The van der Waals surface area contributed by atoms with Crippen molar-refractivity contribution >= 4 is 5.69 Å². The van der Waals surface area contributed by atoms with Crippen molar-refractivity contribution in [2.45, 2.75) is 13.8 Å². The molecule has 0 heterocycles. The van der Waals surface area contributed by atoms with Crippen LogP contribution in [0.15, 0.2) is 30.3 Å². The molecule has 0 unspecified atom stereocenters. The van der Waals surface area contributed by atoms with Gasteiger partial charge in [-0.2, -0.15) is 0 Å². The largest absolute Gasteiger partial charge is 0.384 e. The lowest BCUT2D eigenvalue weighted by atomic mass is 10.2. The first-order valence-electron chi connectivity index (χ1n) is 6.72. The van der Waals surface area contributed by atoms with Gasteiger partial charge in [-0.3, -0.25) is 4.90 Å². The highest BCUT2D eigenvalue weighted by Gasteiger charge is 2.06. The summed E-state index contributed by atoms with van der Waals surface area (Å²) in [5.74, 6) is 0.693. The van der Waals surface area contributed by atoms with Gasteiger partial charge in [0.15, 0.2) is 0 Å². The van der Waals surface area contributed by atoms with Crippen LogP contribution < -0.4 is 5.32 Å². The third-order valence-electron chi connectivity index (χ3n) is 2.77. The fourth-order valence-corrected chi connectivity index (χ4v) is 1.95. The number of nitrogens with zero attached hydrogens (tertiary/aromatic N) is 1. The maximum absolute atomic E-state index is 5.16. The van der Waals surface area contributed by atoms with Crippen molar-refractivity contribution in [1.82, 2.24) is 4.90 Å². The van der Waals surface area contributed by atoms with Gasteiger partial charge >= 0.3 is 0 Å². The van der Waals surface area contributed by atoms with Gasteiger partial charge in [0.1, 0.15) is 0 Å². The van der Waals surface area contributed by atoms with Crippen LogP contribution in [0.5, 0.6) is 0 Å². The second-order valence-electron chi connectivity index (χ2n) is 4.98. The van der Waals surface area contributed by atoms with Crippen molar-refractivity contribution in [3.63, 3.8) is 0 Å². The van der Waals surface area contributed by atoms with E-state index in [1.807, 2.05) is 6.07 Å². The van der Waals surface area contributed by atoms with E-state index in [4.69, 9.17) is 4.74 Å². The van der Waals surface area contributed by atoms with Crippen LogP contribution >= 0.6 is 0 Å². The van der Waals surface area contributed by atoms with E-state index < -0.39 is 0 Å². The second-order valence-corrected chi connectivity index (χ2v) is 4.98. The van der Waals surface area contributed by atoms with Crippen molar-refractivity contribution < 1.29 is 4.74 Å². The molecule has 1 aromatic rings. The molecule has 0 aliphatic rings. The maximum atomic E-state index is 5.16. The van der Waals surface area contributed by atoms with Crippen molar-refractivity contribution in [2.24, 2.45) is 5.92 Å². The van der Waals surface area contributed by atoms with Crippen LogP contribution in [0.25, 0.3) is 0 Å². The van der Waals surface area contributed by atoms with Gasteiger partial charge < -0.3 is 10.1 Å². The summed E-state index contributed by atoms with van der Waals surface area (Å²) in [5.41, 5.74) is 1.19. The molecule has 0 saturated carbocycles. The highest BCUT2D eigenvalue weighted by Crippen LogP contribution is 2.04. The van der Waals surface area contributed by atoms with Gasteiger partial charge in [0.05, 0.1) is 6.61 Å². The van der Waals surface area contributed by atoms with Crippen molar-refractivity contribution in [3.8, 4) is 0 Å². The second kappa shape index (κ2) is 8.95. The van der Waals surface area contributed by atoms with Crippen molar-refractivity contribution in [2.75, 3.05) is 45.2 Å². The zero-order valence-corrected chi connectivity index (χ0v) is 11.9. The average molecular weight is 250 g/mol. The molecule has 0 aromatic heterocycles. The first-order chi connectivity index (χ1) is 8.72. The summed E-state index contributed by atoms with van der Waals surface area (Å²) in [6, 6.07) is 10.3. The van der Waals surface area contributed by atoms with Gasteiger partial charge in [-0.05, 0) is 18.1 Å². The molecule has 1 rings (SSSR count). The number of hydrogen-bond donors (Lipinski definition) is 1. The Morgan fingerprint density at radius 1 is 1.17 bits per heavy atom. The first-order valence-corrected chi connectivity index (χ1v) is 6.72. The molecule has 18 heavy (non-hydrogen) atoms. The summed E-state index contributed by atoms with van der Waals surface area (Å²) < 4.78 is 5.16. The van der Waals surface area contributed by atoms with Gasteiger partial charge in [-0.15, -0.1) is 0 Å². The molecule has 0 bridgehead atoms. The molecular weight excluding hydrogens is 224 g/mol. The summed E-state index contributed by atoms with van der Waals surface area (Å²) in [7, 11) is 1.76. The zero-order chi connectivity index (χ0) is 13.2. The SMILES string of the molecule is COCCN(CCNc1ccccc1)CC(C)C. The molecule has 1 aromatic carbocycles. The van der Waals surface area contributed by atoms with Crippen LogP contribution in [-0.4, -0.2) is 44.8 Å². The third-order valence-corrected chi connectivity index (χ3v) is 2.77. The number of para-hydroxylation sites is 1. The Morgan fingerprint density at radius 2 is 1.89 bits per heavy atom. The minimum atomic E-state index is 0.693. The maximum Gasteiger partial charge on any atom is 0.0589 e. The smallest absolute Gasteiger partial charge is 0.0589 e. The van der Waals surface area contributed by atoms with Gasteiger partial charge in [0, 0.05) is 39.0 Å². The molecule has 0 spiro atoms. The number of ether oxygens (including phenoxy) is 1. The Bertz CT molecular complexity index is 301. The molecule has 102 valence electrons. The molecular formula is C15H26N2O. The summed E-state index contributed by atoms with van der Waals surface area (Å²) in [6.45, 7) is 9.47. The van der Waals surface area contributed by atoms with E-state index in [2.05, 4.69) is 48.3 Å². The van der Waals surface area contributed by atoms with Crippen LogP contribution in [-0.2, 0) is 4.74 Å². The predicted molar refractivity (Wildman–Crippen MR) is 78.1 cm³/mol. The van der Waals surface area contributed by atoms with Crippen LogP contribution in [0.2, 0.25) is 0 Å². The standard InChI is InChI=1S/C15H26N2O/c1-14(2)13-17(11-12-18-3)10-9-16-15-7-5-4-6-8-15/h4-8,14,16H,9-13H2,1-3H3. The Balaban J connectivity index is 2.27. The molecule has 0 aliphatic heterocycles. The molecule has 1 N–H and O–H groups in total. The van der Waals surface area contributed by atoms with Gasteiger partial charge in [-0.1, -0.05) is 32.0 Å². The number of benzene rings is 1. The summed E-state index contributed by atoms with van der Waals surface area (Å²) >= 11 is 0. The third kappa shape index (κ3) is 6.62. The van der Waals surface area contributed by atoms with Crippen LogP contribution in [0, 0.1) is 5.92 Å². The average Bonchev–Trinajstić information content (AvgIpc) is 2.36. The van der Waals surface area contributed by atoms with E-state index in [0.717, 1.165) is 32.8 Å². The van der Waals surface area contributed by atoms with Crippen LogP contribution in [0.3, 0.4) is 0 Å². The summed E-state index contributed by atoms with van der Waals surface area (Å²) in [4.78, 5) is 2.45. The molecule has 3 heteroatoms. The van der Waals surface area contributed by atoms with Gasteiger partial charge in [0.2, 0.25) is 0 Å². The van der Waals surface area contributed by atoms with E-state index in [1.54, 1.807) is 7.11 Å². The van der Waals surface area contributed by atoms with E-state index in [-0.39, 0.29) is 0 Å². The van der Waals surface area contributed by atoms with E-state index >= 15 is 0 Å². The number of methoxy groups -OCH3 is 1. The Kier molecular flexibility index (Phi) is 7.46. The van der Waals surface area contributed by atoms with Crippen LogP contribution in [0.1, 0.15) is 13.8 Å². The minimum Gasteiger partial charge on any atom is -0.384 e. The number of rotatable bonds is 9. The highest BCUT2D eigenvalue weighted by atomic mass is 16.5. The van der Waals surface area contributed by atoms with E-state index in [1.165, 1.54) is 5.69 Å². The van der Waals surface area contributed by atoms with Crippen molar-refractivity contribution in [3.05, 3.63) is 30.3 Å². The fourth-order valence-electron chi connectivity index (χ4n) is 1.95. The Hall–Kier alpha value is -1.06. The lowest BCUT2D eigenvalue weighted by Crippen LogP contribution is -2.34. The highest BCUT2D eigenvalue weighted by molar-refractivity contribution is 5.42. The Labute approximate surface area is 111 Å². The molecule has 0 amide bonds. The molecule has 3 nitrogen and oxygen atoms in total. The van der Waals surface area contributed by atoms with Gasteiger partial charge in [0.25, 0.3) is 0 Å². The molecule has 0 saturated heterocycles. The molecule has 0 atom stereocenters. The van der Waals surface area contributed by atoms with E-state index in [9.17, 15) is 0 Å². The number of hydrogen-bond acceptors (Lipinski definition) is 3. The quantitative estimate of drug-likeness (QED) is 0.729. The number of anilines is 1. The van der Waals surface area contributed by atoms with Gasteiger partial charge in [-0.25, -0.2) is 0 Å². The lowest BCUT2D eigenvalue weighted by molar-refractivity contribution is 0.143.